The Labute approximate surface area is 133 Å². The topological polar surface area (TPSA) is 50.4 Å². The first-order valence-electron chi connectivity index (χ1n) is 9.28. The van der Waals surface area contributed by atoms with Gasteiger partial charge in [-0.25, -0.2) is 4.79 Å². The molecule has 0 aromatic carbocycles. The number of carbonyl (C=O) groups excluding carboxylic acids is 1. The van der Waals surface area contributed by atoms with Crippen LogP contribution in [0.5, 0.6) is 0 Å². The van der Waals surface area contributed by atoms with Gasteiger partial charge < -0.3 is 15.4 Å². The molecule has 1 saturated heterocycles. The van der Waals surface area contributed by atoms with Crippen LogP contribution in [-0.2, 0) is 4.74 Å². The minimum Gasteiger partial charge on any atom is -0.376 e. The van der Waals surface area contributed by atoms with E-state index < -0.39 is 0 Å². The van der Waals surface area contributed by atoms with Gasteiger partial charge in [0.25, 0.3) is 0 Å². The molecule has 5 rings (SSSR count). The summed E-state index contributed by atoms with van der Waals surface area (Å²) in [5, 5.41) is 6.27. The van der Waals surface area contributed by atoms with Gasteiger partial charge in [-0.1, -0.05) is 0 Å². The van der Waals surface area contributed by atoms with Gasteiger partial charge in [0.05, 0.1) is 12.1 Å². The maximum Gasteiger partial charge on any atom is 0.315 e. The zero-order valence-corrected chi connectivity index (χ0v) is 13.8. The fourth-order valence-electron chi connectivity index (χ4n) is 6.12. The molecule has 4 aliphatic carbocycles. The van der Waals surface area contributed by atoms with Crippen molar-refractivity contribution in [3.63, 3.8) is 0 Å². The fourth-order valence-corrected chi connectivity index (χ4v) is 6.12. The first kappa shape index (κ1) is 14.8. The number of ether oxygens (including phenoxy) is 1. The van der Waals surface area contributed by atoms with Crippen molar-refractivity contribution >= 4 is 6.03 Å². The second kappa shape index (κ2) is 5.70. The third-order valence-corrected chi connectivity index (χ3v) is 6.67. The van der Waals surface area contributed by atoms with Crippen molar-refractivity contribution in [2.45, 2.75) is 70.4 Å². The molecule has 1 aliphatic heterocycles. The maximum absolute atomic E-state index is 12.2. The van der Waals surface area contributed by atoms with E-state index in [9.17, 15) is 4.79 Å². The molecule has 0 aromatic heterocycles. The smallest absolute Gasteiger partial charge is 0.315 e. The van der Waals surface area contributed by atoms with E-state index in [0.29, 0.717) is 5.41 Å². The van der Waals surface area contributed by atoms with Crippen molar-refractivity contribution in [1.29, 1.82) is 0 Å². The van der Waals surface area contributed by atoms with E-state index in [1.807, 2.05) is 0 Å². The molecule has 2 unspecified atom stereocenters. The number of hydrogen-bond donors (Lipinski definition) is 2. The summed E-state index contributed by atoms with van der Waals surface area (Å²) in [7, 11) is 0. The van der Waals surface area contributed by atoms with Crippen LogP contribution in [0.3, 0.4) is 0 Å². The van der Waals surface area contributed by atoms with Gasteiger partial charge in [0.2, 0.25) is 0 Å². The van der Waals surface area contributed by atoms with Crippen LogP contribution >= 0.6 is 0 Å². The Morgan fingerprint density at radius 1 is 1.18 bits per heavy atom. The van der Waals surface area contributed by atoms with Crippen molar-refractivity contribution in [3.8, 4) is 0 Å². The Hall–Kier alpha value is -0.770. The highest BCUT2D eigenvalue weighted by Crippen LogP contribution is 2.59. The molecule has 2 N–H and O–H groups in total. The van der Waals surface area contributed by atoms with Gasteiger partial charge in [-0.3, -0.25) is 0 Å². The van der Waals surface area contributed by atoms with Crippen molar-refractivity contribution in [3.05, 3.63) is 0 Å². The number of amides is 2. The van der Waals surface area contributed by atoms with Crippen LogP contribution in [0, 0.1) is 23.2 Å². The summed E-state index contributed by atoms with van der Waals surface area (Å²) in [6, 6.07) is 0.109. The molecule has 1 heterocycles. The average molecular weight is 306 g/mol. The fraction of sp³-hybridized carbons (Fsp3) is 0.944. The quantitative estimate of drug-likeness (QED) is 0.838. The highest BCUT2D eigenvalue weighted by atomic mass is 16.5. The van der Waals surface area contributed by atoms with Crippen LogP contribution in [0.25, 0.3) is 0 Å². The molecular weight excluding hydrogens is 276 g/mol. The first-order chi connectivity index (χ1) is 10.6. The Balaban J connectivity index is 1.28. The lowest BCUT2D eigenvalue weighted by molar-refractivity contribution is -0.0499. The number of hydrogen-bond acceptors (Lipinski definition) is 2. The molecule has 4 saturated carbocycles. The number of carbonyl (C=O) groups is 1. The van der Waals surface area contributed by atoms with Gasteiger partial charge in [-0.05, 0) is 81.5 Å². The van der Waals surface area contributed by atoms with Crippen LogP contribution < -0.4 is 10.6 Å². The third-order valence-electron chi connectivity index (χ3n) is 6.67. The molecular formula is C18H30N2O2. The van der Waals surface area contributed by atoms with E-state index in [0.717, 1.165) is 43.7 Å². The lowest BCUT2D eigenvalue weighted by atomic mass is 9.49. The summed E-state index contributed by atoms with van der Waals surface area (Å²) < 4.78 is 5.65. The summed E-state index contributed by atoms with van der Waals surface area (Å²) in [6.07, 6.45) is 10.8. The summed E-state index contributed by atoms with van der Waals surface area (Å²) >= 11 is 0. The van der Waals surface area contributed by atoms with Gasteiger partial charge in [0.1, 0.15) is 0 Å². The van der Waals surface area contributed by atoms with Crippen LogP contribution in [-0.4, -0.2) is 31.3 Å². The van der Waals surface area contributed by atoms with Gasteiger partial charge in [-0.15, -0.1) is 0 Å². The molecule has 4 bridgehead atoms. The molecule has 4 heteroatoms. The molecule has 4 nitrogen and oxygen atoms in total. The largest absolute Gasteiger partial charge is 0.376 e. The highest BCUT2D eigenvalue weighted by Gasteiger charge is 2.50. The predicted octanol–water partition coefficient (Wildman–Crippen LogP) is 3.07. The van der Waals surface area contributed by atoms with Crippen LogP contribution in [0.2, 0.25) is 0 Å². The Bertz CT molecular complexity index is 396. The molecule has 2 amide bonds. The first-order valence-corrected chi connectivity index (χ1v) is 9.28. The molecule has 22 heavy (non-hydrogen) atoms. The number of urea groups is 1. The SMILES string of the molecule is CC(NC(=O)NCC12CC3CC(CC(C3)C1)C2)C1CCCO1. The van der Waals surface area contributed by atoms with E-state index in [2.05, 4.69) is 17.6 Å². The zero-order chi connectivity index (χ0) is 15.2. The van der Waals surface area contributed by atoms with E-state index in [1.165, 1.54) is 38.5 Å². The Kier molecular flexibility index (Phi) is 3.83. The van der Waals surface area contributed by atoms with Crippen molar-refractivity contribution in [1.82, 2.24) is 10.6 Å². The minimum atomic E-state index is -0.00116. The van der Waals surface area contributed by atoms with Crippen LogP contribution in [0.4, 0.5) is 4.79 Å². The third kappa shape index (κ3) is 2.86. The van der Waals surface area contributed by atoms with Crippen molar-refractivity contribution in [2.75, 3.05) is 13.2 Å². The molecule has 5 fully saturated rings. The average Bonchev–Trinajstić information content (AvgIpc) is 2.98. The predicted molar refractivity (Wildman–Crippen MR) is 85.6 cm³/mol. The summed E-state index contributed by atoms with van der Waals surface area (Å²) in [5.41, 5.74) is 0.416. The molecule has 124 valence electrons. The summed E-state index contributed by atoms with van der Waals surface area (Å²) in [5.74, 6) is 2.84. The molecule has 5 aliphatic rings. The standard InChI is InChI=1S/C18H30N2O2/c1-12(16-3-2-4-22-16)20-17(21)19-11-18-8-13-5-14(9-18)7-15(6-13)10-18/h12-16H,2-11H2,1H3,(H2,19,20,21). The lowest BCUT2D eigenvalue weighted by Gasteiger charge is -2.56. The molecule has 0 radical (unpaired) electrons. The van der Waals surface area contributed by atoms with E-state index in [4.69, 9.17) is 4.74 Å². The summed E-state index contributed by atoms with van der Waals surface area (Å²) in [4.78, 5) is 12.2. The van der Waals surface area contributed by atoms with Gasteiger partial charge in [0.15, 0.2) is 0 Å². The van der Waals surface area contributed by atoms with E-state index in [1.54, 1.807) is 0 Å². The Morgan fingerprint density at radius 2 is 1.82 bits per heavy atom. The second-order valence-corrected chi connectivity index (χ2v) is 8.58. The number of rotatable bonds is 4. The van der Waals surface area contributed by atoms with Gasteiger partial charge in [-0.2, -0.15) is 0 Å². The number of nitrogens with one attached hydrogen (secondary N) is 2. The molecule has 0 spiro atoms. The van der Waals surface area contributed by atoms with Crippen LogP contribution in [0.1, 0.15) is 58.3 Å². The van der Waals surface area contributed by atoms with Gasteiger partial charge in [0, 0.05) is 13.2 Å². The van der Waals surface area contributed by atoms with E-state index in [-0.39, 0.29) is 18.2 Å². The maximum atomic E-state index is 12.2. The Morgan fingerprint density at radius 3 is 2.36 bits per heavy atom. The minimum absolute atomic E-state index is 0.00116. The highest BCUT2D eigenvalue weighted by molar-refractivity contribution is 5.74. The lowest BCUT2D eigenvalue weighted by Crippen LogP contribution is -2.53. The zero-order valence-electron chi connectivity index (χ0n) is 13.8. The van der Waals surface area contributed by atoms with E-state index >= 15 is 0 Å². The van der Waals surface area contributed by atoms with Crippen molar-refractivity contribution in [2.24, 2.45) is 23.2 Å². The second-order valence-electron chi connectivity index (χ2n) is 8.58. The van der Waals surface area contributed by atoms with Crippen LogP contribution in [0.15, 0.2) is 0 Å². The van der Waals surface area contributed by atoms with Gasteiger partial charge >= 0.3 is 6.03 Å². The normalized spacial score (nSPS) is 44.0. The molecule has 2 atom stereocenters. The van der Waals surface area contributed by atoms with Crippen molar-refractivity contribution < 1.29 is 9.53 Å². The monoisotopic (exact) mass is 306 g/mol. The molecule has 0 aromatic rings. The summed E-state index contributed by atoms with van der Waals surface area (Å²) in [6.45, 7) is 3.77.